The number of hydrogen-bond donors (Lipinski definition) is 0. The number of benzene rings is 2. The summed E-state index contributed by atoms with van der Waals surface area (Å²) in [5, 5.41) is 21.3. The second-order valence-corrected chi connectivity index (χ2v) is 9.08. The molecule has 168 valence electrons. The number of nitrogens with zero attached hydrogens (tertiary/aromatic N) is 7. The van der Waals surface area contributed by atoms with Gasteiger partial charge in [-0.1, -0.05) is 47.6 Å². The molecule has 0 aliphatic heterocycles. The van der Waals surface area contributed by atoms with Gasteiger partial charge in [0.2, 0.25) is 22.8 Å². The Labute approximate surface area is 199 Å². The average Bonchev–Trinajstić information content (AvgIpc) is 3.36. The average molecular weight is 482 g/mol. The fourth-order valence-electron chi connectivity index (χ4n) is 3.41. The molecule has 0 saturated heterocycles. The molecule has 0 N–H and O–H groups in total. The highest BCUT2D eigenvalue weighted by atomic mass is 35.5. The summed E-state index contributed by atoms with van der Waals surface area (Å²) in [7, 11) is 0. The van der Waals surface area contributed by atoms with E-state index in [1.807, 2.05) is 49.4 Å². The normalized spacial score (nSPS) is 13.3. The molecule has 2 aromatic carbocycles. The van der Waals surface area contributed by atoms with Crippen molar-refractivity contribution in [3.8, 4) is 17.1 Å². The molecular formula is C22H20ClN7O2S. The standard InChI is InChI=1S/C22H20ClN7O2S/c1-14-5-4-6-16(11-14)30-22(26-27-28-30)33-13-20(31)29(15-9-10-15)12-19-24-25-21(32-19)17-7-2-3-8-18(17)23/h2-8,11,15H,9-10,12-13H2,1H3. The Morgan fingerprint density at radius 2 is 2.03 bits per heavy atom. The van der Waals surface area contributed by atoms with Crippen molar-refractivity contribution >= 4 is 29.3 Å². The van der Waals surface area contributed by atoms with Crippen LogP contribution in [0.1, 0.15) is 24.3 Å². The Bertz CT molecular complexity index is 1290. The Morgan fingerprint density at radius 3 is 2.82 bits per heavy atom. The quantitative estimate of drug-likeness (QED) is 0.348. The second-order valence-electron chi connectivity index (χ2n) is 7.73. The molecular weight excluding hydrogens is 462 g/mol. The van der Waals surface area contributed by atoms with Gasteiger partial charge < -0.3 is 9.32 Å². The molecule has 1 fully saturated rings. The maximum absolute atomic E-state index is 13.1. The largest absolute Gasteiger partial charge is 0.419 e. The van der Waals surface area contributed by atoms with Crippen LogP contribution in [0.4, 0.5) is 0 Å². The third-order valence-corrected chi connectivity index (χ3v) is 6.43. The molecule has 0 atom stereocenters. The number of rotatable bonds is 8. The SMILES string of the molecule is Cc1cccc(-n2nnnc2SCC(=O)N(Cc2nnc(-c3ccccc3Cl)o2)C2CC2)c1. The van der Waals surface area contributed by atoms with Crippen molar-refractivity contribution in [3.63, 3.8) is 0 Å². The predicted octanol–water partition coefficient (Wildman–Crippen LogP) is 3.96. The van der Waals surface area contributed by atoms with Crippen LogP contribution in [0.3, 0.4) is 0 Å². The Hall–Kier alpha value is -3.24. The Balaban J connectivity index is 1.27. The van der Waals surface area contributed by atoms with Gasteiger partial charge in [-0.15, -0.1) is 15.3 Å². The summed E-state index contributed by atoms with van der Waals surface area (Å²) in [6.45, 7) is 2.26. The summed E-state index contributed by atoms with van der Waals surface area (Å²) in [5.41, 5.74) is 2.62. The molecule has 33 heavy (non-hydrogen) atoms. The highest BCUT2D eigenvalue weighted by molar-refractivity contribution is 7.99. The summed E-state index contributed by atoms with van der Waals surface area (Å²) in [6, 6.07) is 15.3. The van der Waals surface area contributed by atoms with Crippen LogP contribution in [0.2, 0.25) is 5.02 Å². The van der Waals surface area contributed by atoms with Crippen LogP contribution in [-0.2, 0) is 11.3 Å². The summed E-state index contributed by atoms with van der Waals surface area (Å²) >= 11 is 7.53. The number of hydrogen-bond acceptors (Lipinski definition) is 8. The molecule has 1 aliphatic rings. The van der Waals surface area contributed by atoms with Crippen molar-refractivity contribution in [2.24, 2.45) is 0 Å². The number of halogens is 1. The van der Waals surface area contributed by atoms with E-state index in [2.05, 4.69) is 25.7 Å². The summed E-state index contributed by atoms with van der Waals surface area (Å²) in [4.78, 5) is 14.9. The van der Waals surface area contributed by atoms with Crippen LogP contribution >= 0.6 is 23.4 Å². The van der Waals surface area contributed by atoms with Crippen LogP contribution in [0, 0.1) is 6.92 Å². The lowest BCUT2D eigenvalue weighted by molar-refractivity contribution is -0.129. The molecule has 0 bridgehead atoms. The van der Waals surface area contributed by atoms with Gasteiger partial charge in [0.1, 0.15) is 0 Å². The maximum atomic E-state index is 13.1. The van der Waals surface area contributed by atoms with Crippen molar-refractivity contribution in [1.29, 1.82) is 0 Å². The van der Waals surface area contributed by atoms with Crippen LogP contribution < -0.4 is 0 Å². The number of thioether (sulfide) groups is 1. The predicted molar refractivity (Wildman–Crippen MR) is 123 cm³/mol. The van der Waals surface area contributed by atoms with Crippen LogP contribution in [-0.4, -0.2) is 53.0 Å². The molecule has 1 aliphatic carbocycles. The van der Waals surface area contributed by atoms with Gasteiger partial charge in [0.25, 0.3) is 0 Å². The third kappa shape index (κ3) is 4.91. The van der Waals surface area contributed by atoms with E-state index in [9.17, 15) is 4.79 Å². The first kappa shape index (κ1) is 21.6. The van der Waals surface area contributed by atoms with Crippen LogP contribution in [0.25, 0.3) is 17.1 Å². The summed E-state index contributed by atoms with van der Waals surface area (Å²) in [5.74, 6) is 0.887. The number of amides is 1. The van der Waals surface area contributed by atoms with Crippen LogP contribution in [0.5, 0.6) is 0 Å². The van der Waals surface area contributed by atoms with Gasteiger partial charge in [-0.05, 0) is 60.0 Å². The van der Waals surface area contributed by atoms with Crippen molar-refractivity contribution < 1.29 is 9.21 Å². The first-order valence-electron chi connectivity index (χ1n) is 10.4. The van der Waals surface area contributed by atoms with Crippen molar-refractivity contribution in [2.45, 2.75) is 37.5 Å². The highest BCUT2D eigenvalue weighted by Crippen LogP contribution is 2.31. The summed E-state index contributed by atoms with van der Waals surface area (Å²) < 4.78 is 7.44. The zero-order chi connectivity index (χ0) is 22.8. The maximum Gasteiger partial charge on any atom is 0.249 e. The zero-order valence-corrected chi connectivity index (χ0v) is 19.3. The van der Waals surface area contributed by atoms with Crippen molar-refractivity contribution in [1.82, 2.24) is 35.3 Å². The van der Waals surface area contributed by atoms with Gasteiger partial charge in [-0.25, -0.2) is 0 Å². The molecule has 0 spiro atoms. The van der Waals surface area contributed by atoms with Gasteiger partial charge >= 0.3 is 0 Å². The number of carbonyl (C=O) groups excluding carboxylic acids is 1. The molecule has 2 aromatic heterocycles. The van der Waals surface area contributed by atoms with E-state index in [4.69, 9.17) is 16.0 Å². The molecule has 9 nitrogen and oxygen atoms in total. The molecule has 4 aromatic rings. The smallest absolute Gasteiger partial charge is 0.249 e. The van der Waals surface area contributed by atoms with Gasteiger partial charge in [0.15, 0.2) is 0 Å². The van der Waals surface area contributed by atoms with Crippen molar-refractivity contribution in [3.05, 3.63) is 65.0 Å². The molecule has 0 radical (unpaired) electrons. The van der Waals surface area contributed by atoms with E-state index >= 15 is 0 Å². The molecule has 11 heteroatoms. The lowest BCUT2D eigenvalue weighted by atomic mass is 10.2. The lowest BCUT2D eigenvalue weighted by Crippen LogP contribution is -2.34. The monoisotopic (exact) mass is 481 g/mol. The molecule has 5 rings (SSSR count). The number of aryl methyl sites for hydroxylation is 1. The lowest BCUT2D eigenvalue weighted by Gasteiger charge is -2.20. The van der Waals surface area contributed by atoms with Gasteiger partial charge in [0, 0.05) is 6.04 Å². The van der Waals surface area contributed by atoms with Gasteiger partial charge in [0.05, 0.1) is 28.6 Å². The minimum atomic E-state index is -0.0289. The molecule has 0 unspecified atom stereocenters. The highest BCUT2D eigenvalue weighted by Gasteiger charge is 2.34. The number of tetrazole rings is 1. The first-order valence-corrected chi connectivity index (χ1v) is 11.8. The van der Waals surface area contributed by atoms with E-state index in [-0.39, 0.29) is 24.2 Å². The molecule has 1 amide bonds. The topological polar surface area (TPSA) is 103 Å². The van der Waals surface area contributed by atoms with Gasteiger partial charge in [-0.2, -0.15) is 4.68 Å². The third-order valence-electron chi connectivity index (χ3n) is 5.20. The second kappa shape index (κ2) is 9.32. The fourth-order valence-corrected chi connectivity index (χ4v) is 4.41. The fraction of sp³-hybridized carbons (Fsp3) is 0.273. The van der Waals surface area contributed by atoms with Crippen LogP contribution in [0.15, 0.2) is 58.1 Å². The summed E-state index contributed by atoms with van der Waals surface area (Å²) in [6.07, 6.45) is 1.92. The number of aromatic nitrogens is 6. The van der Waals surface area contributed by atoms with Crippen molar-refractivity contribution in [2.75, 3.05) is 5.75 Å². The minimum absolute atomic E-state index is 0.0289. The van der Waals surface area contributed by atoms with E-state index in [0.29, 0.717) is 27.5 Å². The molecule has 1 saturated carbocycles. The van der Waals surface area contributed by atoms with E-state index in [1.54, 1.807) is 15.6 Å². The molecule has 2 heterocycles. The number of carbonyl (C=O) groups is 1. The first-order chi connectivity index (χ1) is 16.1. The van der Waals surface area contributed by atoms with E-state index in [0.717, 1.165) is 24.1 Å². The zero-order valence-electron chi connectivity index (χ0n) is 17.8. The van der Waals surface area contributed by atoms with E-state index in [1.165, 1.54) is 11.8 Å². The van der Waals surface area contributed by atoms with Gasteiger partial charge in [-0.3, -0.25) is 4.79 Å². The minimum Gasteiger partial charge on any atom is -0.419 e. The Morgan fingerprint density at radius 1 is 1.18 bits per heavy atom. The Kier molecular flexibility index (Phi) is 6.10. The van der Waals surface area contributed by atoms with E-state index < -0.39 is 0 Å².